The SMILES string of the molecule is C[C@@H](c1ccccc1)N(Cc1ccccc1)[C@H](CC(=O)O)c1ccc2c(c1)CCCN2C(=O)OC(C)(C)C. The summed E-state index contributed by atoms with van der Waals surface area (Å²) in [5.41, 5.74) is 4.51. The lowest BCUT2D eigenvalue weighted by Crippen LogP contribution is -2.40. The predicted octanol–water partition coefficient (Wildman–Crippen LogP) is 7.15. The smallest absolute Gasteiger partial charge is 0.414 e. The second-order valence-electron chi connectivity index (χ2n) is 11.0. The van der Waals surface area contributed by atoms with Crippen molar-refractivity contribution in [2.75, 3.05) is 11.4 Å². The third-order valence-corrected chi connectivity index (χ3v) is 6.98. The summed E-state index contributed by atoms with van der Waals surface area (Å²) in [4.78, 5) is 29.1. The van der Waals surface area contributed by atoms with Gasteiger partial charge in [-0.2, -0.15) is 0 Å². The highest BCUT2D eigenvalue weighted by atomic mass is 16.6. The molecule has 6 heteroatoms. The molecule has 1 amide bonds. The van der Waals surface area contributed by atoms with Gasteiger partial charge in [-0.3, -0.25) is 14.6 Å². The van der Waals surface area contributed by atoms with E-state index in [0.29, 0.717) is 13.1 Å². The van der Waals surface area contributed by atoms with Crippen molar-refractivity contribution < 1.29 is 19.4 Å². The monoisotopic (exact) mass is 514 g/mol. The van der Waals surface area contributed by atoms with Crippen molar-refractivity contribution in [2.24, 2.45) is 0 Å². The standard InChI is InChI=1S/C32H38N2O4/c1-23(25-14-9-6-10-15-25)34(22-24-12-7-5-8-13-24)29(21-30(35)36)27-17-18-28-26(20-27)16-11-19-33(28)31(37)38-32(2,3)4/h5-10,12-15,17-18,20,23,29H,11,16,19,21-22H2,1-4H3,(H,35,36)/t23-,29+/m0/s1. The molecule has 0 radical (unpaired) electrons. The molecule has 0 spiro atoms. The van der Waals surface area contributed by atoms with E-state index in [1.807, 2.05) is 69.3 Å². The fourth-order valence-corrected chi connectivity index (χ4v) is 5.16. The second-order valence-corrected chi connectivity index (χ2v) is 11.0. The predicted molar refractivity (Wildman–Crippen MR) is 150 cm³/mol. The highest BCUT2D eigenvalue weighted by Crippen LogP contribution is 2.38. The molecule has 38 heavy (non-hydrogen) atoms. The number of carbonyl (C=O) groups is 2. The van der Waals surface area contributed by atoms with Gasteiger partial charge < -0.3 is 9.84 Å². The van der Waals surface area contributed by atoms with Crippen LogP contribution < -0.4 is 4.90 Å². The first kappa shape index (κ1) is 27.4. The van der Waals surface area contributed by atoms with E-state index in [4.69, 9.17) is 4.74 Å². The van der Waals surface area contributed by atoms with E-state index >= 15 is 0 Å². The lowest BCUT2D eigenvalue weighted by atomic mass is 9.92. The van der Waals surface area contributed by atoms with Crippen LogP contribution >= 0.6 is 0 Å². The molecule has 2 atom stereocenters. The topological polar surface area (TPSA) is 70.1 Å². The van der Waals surface area contributed by atoms with Gasteiger partial charge in [-0.1, -0.05) is 72.8 Å². The number of nitrogens with zero attached hydrogens (tertiary/aromatic N) is 2. The van der Waals surface area contributed by atoms with Crippen LogP contribution in [0.1, 0.15) is 74.9 Å². The Morgan fingerprint density at radius 2 is 1.63 bits per heavy atom. The number of carbonyl (C=O) groups excluding carboxylic acids is 1. The first-order valence-corrected chi connectivity index (χ1v) is 13.3. The van der Waals surface area contributed by atoms with Gasteiger partial charge in [0.1, 0.15) is 5.60 Å². The highest BCUT2D eigenvalue weighted by Gasteiger charge is 2.31. The van der Waals surface area contributed by atoms with Crippen molar-refractivity contribution in [2.45, 2.75) is 71.2 Å². The number of aliphatic carboxylic acids is 1. The minimum atomic E-state index is -0.846. The zero-order valence-corrected chi connectivity index (χ0v) is 22.8. The molecule has 0 unspecified atom stereocenters. The number of aryl methyl sites for hydroxylation is 1. The molecule has 0 aliphatic carbocycles. The summed E-state index contributed by atoms with van der Waals surface area (Å²) in [6, 6.07) is 26.0. The molecule has 1 aliphatic heterocycles. The van der Waals surface area contributed by atoms with Gasteiger partial charge in [0.2, 0.25) is 0 Å². The normalized spacial score (nSPS) is 15.0. The van der Waals surface area contributed by atoms with Crippen LogP contribution in [0.5, 0.6) is 0 Å². The fourth-order valence-electron chi connectivity index (χ4n) is 5.16. The van der Waals surface area contributed by atoms with Crippen molar-refractivity contribution in [1.29, 1.82) is 0 Å². The number of hydrogen-bond donors (Lipinski definition) is 1. The van der Waals surface area contributed by atoms with Gasteiger partial charge in [-0.15, -0.1) is 0 Å². The average molecular weight is 515 g/mol. The van der Waals surface area contributed by atoms with E-state index in [1.54, 1.807) is 4.90 Å². The molecule has 6 nitrogen and oxygen atoms in total. The highest BCUT2D eigenvalue weighted by molar-refractivity contribution is 5.89. The summed E-state index contributed by atoms with van der Waals surface area (Å²) >= 11 is 0. The molecule has 0 fully saturated rings. The molecule has 0 bridgehead atoms. The van der Waals surface area contributed by atoms with Crippen molar-refractivity contribution in [3.8, 4) is 0 Å². The average Bonchev–Trinajstić information content (AvgIpc) is 2.89. The first-order valence-electron chi connectivity index (χ1n) is 13.3. The summed E-state index contributed by atoms with van der Waals surface area (Å²) in [5, 5.41) is 9.98. The Kier molecular flexibility index (Phi) is 8.52. The van der Waals surface area contributed by atoms with E-state index in [1.165, 1.54) is 0 Å². The Labute approximate surface area is 225 Å². The Morgan fingerprint density at radius 3 is 2.26 bits per heavy atom. The molecule has 0 saturated heterocycles. The van der Waals surface area contributed by atoms with Crippen molar-refractivity contribution in [3.05, 3.63) is 101 Å². The maximum atomic E-state index is 12.9. The van der Waals surface area contributed by atoms with Crippen molar-refractivity contribution in [1.82, 2.24) is 4.90 Å². The van der Waals surface area contributed by atoms with Crippen LogP contribution in [0.15, 0.2) is 78.9 Å². The molecule has 200 valence electrons. The summed E-state index contributed by atoms with van der Waals surface area (Å²) in [6.07, 6.45) is 1.28. The quantitative estimate of drug-likeness (QED) is 0.346. The number of carboxylic acid groups (broad SMARTS) is 1. The largest absolute Gasteiger partial charge is 0.481 e. The molecule has 0 aromatic heterocycles. The summed E-state index contributed by atoms with van der Waals surface area (Å²) in [5.74, 6) is -0.846. The van der Waals surface area contributed by atoms with E-state index in [0.717, 1.165) is 40.8 Å². The molecule has 1 N–H and O–H groups in total. The minimum absolute atomic E-state index is 0.0185. The van der Waals surface area contributed by atoms with Gasteiger partial charge in [0.15, 0.2) is 0 Å². The lowest BCUT2D eigenvalue weighted by molar-refractivity contribution is -0.138. The molecule has 1 heterocycles. The molecule has 0 saturated carbocycles. The lowest BCUT2D eigenvalue weighted by Gasteiger charge is -2.38. The zero-order chi connectivity index (χ0) is 27.3. The Balaban J connectivity index is 1.73. The van der Waals surface area contributed by atoms with Crippen LogP contribution in [0, 0.1) is 0 Å². The third-order valence-electron chi connectivity index (χ3n) is 6.98. The fraction of sp³-hybridized carbons (Fsp3) is 0.375. The first-order chi connectivity index (χ1) is 18.1. The van der Waals surface area contributed by atoms with E-state index < -0.39 is 11.6 Å². The second kappa shape index (κ2) is 11.8. The number of benzene rings is 3. The van der Waals surface area contributed by atoms with Gasteiger partial charge in [0.05, 0.1) is 12.1 Å². The van der Waals surface area contributed by atoms with Crippen LogP contribution in [0.3, 0.4) is 0 Å². The maximum absolute atomic E-state index is 12.9. The van der Waals surface area contributed by atoms with Crippen molar-refractivity contribution >= 4 is 17.7 Å². The number of anilines is 1. The summed E-state index contributed by atoms with van der Waals surface area (Å²) < 4.78 is 5.65. The van der Waals surface area contributed by atoms with Crippen LogP contribution in [0.4, 0.5) is 10.5 Å². The Bertz CT molecular complexity index is 1240. The number of rotatable bonds is 8. The number of fused-ring (bicyclic) bond motifs is 1. The van der Waals surface area contributed by atoms with E-state index in [2.05, 4.69) is 42.2 Å². The van der Waals surface area contributed by atoms with Gasteiger partial charge in [0.25, 0.3) is 0 Å². The maximum Gasteiger partial charge on any atom is 0.414 e. The van der Waals surface area contributed by atoms with Crippen LogP contribution in [-0.2, 0) is 22.5 Å². The molecule has 1 aliphatic rings. The summed E-state index contributed by atoms with van der Waals surface area (Å²) in [7, 11) is 0. The van der Waals surface area contributed by atoms with E-state index in [-0.39, 0.29) is 24.6 Å². The van der Waals surface area contributed by atoms with Gasteiger partial charge in [-0.25, -0.2) is 4.79 Å². The number of carboxylic acids is 1. The minimum Gasteiger partial charge on any atom is -0.481 e. The molecule has 3 aromatic rings. The molecular formula is C32H38N2O4. The Morgan fingerprint density at radius 1 is 0.974 bits per heavy atom. The molecule has 3 aromatic carbocycles. The zero-order valence-electron chi connectivity index (χ0n) is 22.8. The van der Waals surface area contributed by atoms with Gasteiger partial charge in [-0.05, 0) is 68.9 Å². The van der Waals surface area contributed by atoms with Crippen molar-refractivity contribution in [3.63, 3.8) is 0 Å². The van der Waals surface area contributed by atoms with Crippen LogP contribution in [-0.4, -0.2) is 34.2 Å². The van der Waals surface area contributed by atoms with Gasteiger partial charge in [0, 0.05) is 25.2 Å². The number of hydrogen-bond acceptors (Lipinski definition) is 4. The Hall–Kier alpha value is -3.64. The third kappa shape index (κ3) is 6.81. The van der Waals surface area contributed by atoms with E-state index in [9.17, 15) is 14.7 Å². The van der Waals surface area contributed by atoms with Gasteiger partial charge >= 0.3 is 12.1 Å². The van der Waals surface area contributed by atoms with Crippen LogP contribution in [0.2, 0.25) is 0 Å². The summed E-state index contributed by atoms with van der Waals surface area (Å²) in [6.45, 7) is 8.94. The molecule has 4 rings (SSSR count). The number of amides is 1. The molecular weight excluding hydrogens is 476 g/mol. The number of ether oxygens (including phenoxy) is 1. The van der Waals surface area contributed by atoms with Crippen LogP contribution in [0.25, 0.3) is 0 Å².